The minimum absolute atomic E-state index is 0.251. The summed E-state index contributed by atoms with van der Waals surface area (Å²) in [5.41, 5.74) is 2.68. The third kappa shape index (κ3) is 5.66. The summed E-state index contributed by atoms with van der Waals surface area (Å²) < 4.78 is 5.82. The second kappa shape index (κ2) is 10.0. The number of nitrogens with one attached hydrogen (secondary N) is 2. The van der Waals surface area contributed by atoms with Crippen LogP contribution in [0.25, 0.3) is 0 Å². The summed E-state index contributed by atoms with van der Waals surface area (Å²) in [5.74, 6) is 0.395. The van der Waals surface area contributed by atoms with Gasteiger partial charge in [0.15, 0.2) is 0 Å². The van der Waals surface area contributed by atoms with Gasteiger partial charge in [0.2, 0.25) is 5.91 Å². The van der Waals surface area contributed by atoms with E-state index in [0.29, 0.717) is 33.7 Å². The van der Waals surface area contributed by atoms with Gasteiger partial charge < -0.3 is 15.4 Å². The monoisotopic (exact) mass is 439 g/mol. The normalized spacial score (nSPS) is 11.3. The second-order valence-corrected chi connectivity index (χ2v) is 7.37. The number of amides is 1. The number of rotatable bonds is 7. The van der Waals surface area contributed by atoms with Gasteiger partial charge in [-0.2, -0.15) is 5.26 Å². The van der Waals surface area contributed by atoms with Gasteiger partial charge in [0.1, 0.15) is 18.4 Å². The van der Waals surface area contributed by atoms with Crippen LogP contribution in [-0.2, 0) is 11.4 Å². The van der Waals surface area contributed by atoms with E-state index in [4.69, 9.17) is 33.2 Å². The van der Waals surface area contributed by atoms with Gasteiger partial charge >= 0.3 is 0 Å². The molecule has 0 fully saturated rings. The molecule has 30 heavy (non-hydrogen) atoms. The molecule has 0 saturated heterocycles. The average molecular weight is 440 g/mol. The van der Waals surface area contributed by atoms with Crippen molar-refractivity contribution in [2.75, 3.05) is 10.6 Å². The van der Waals surface area contributed by atoms with E-state index in [2.05, 4.69) is 16.7 Å². The van der Waals surface area contributed by atoms with E-state index in [1.54, 1.807) is 37.3 Å². The van der Waals surface area contributed by atoms with Gasteiger partial charge in [0.25, 0.3) is 0 Å². The Bertz CT molecular complexity index is 1100. The first kappa shape index (κ1) is 21.5. The number of carbonyl (C=O) groups is 1. The maximum absolute atomic E-state index is 12.5. The lowest BCUT2D eigenvalue weighted by Crippen LogP contribution is -2.31. The summed E-state index contributed by atoms with van der Waals surface area (Å²) in [6.07, 6.45) is 0. The van der Waals surface area contributed by atoms with Gasteiger partial charge in [-0.3, -0.25) is 4.79 Å². The molecule has 0 heterocycles. The summed E-state index contributed by atoms with van der Waals surface area (Å²) >= 11 is 12.1. The van der Waals surface area contributed by atoms with Crippen LogP contribution < -0.4 is 15.4 Å². The molecule has 152 valence electrons. The van der Waals surface area contributed by atoms with Crippen LogP contribution in [0.3, 0.4) is 0 Å². The van der Waals surface area contributed by atoms with Crippen molar-refractivity contribution in [2.24, 2.45) is 0 Å². The summed E-state index contributed by atoms with van der Waals surface area (Å²) in [6, 6.07) is 21.2. The van der Waals surface area contributed by atoms with Crippen LogP contribution in [0.5, 0.6) is 5.75 Å². The number of nitrogens with zero attached hydrogens (tertiary/aromatic N) is 1. The van der Waals surface area contributed by atoms with Crippen molar-refractivity contribution in [1.29, 1.82) is 5.26 Å². The van der Waals surface area contributed by atoms with E-state index in [1.165, 1.54) is 0 Å². The van der Waals surface area contributed by atoms with Crippen LogP contribution in [0.15, 0.2) is 66.7 Å². The van der Waals surface area contributed by atoms with Gasteiger partial charge in [-0.15, -0.1) is 0 Å². The Morgan fingerprint density at radius 3 is 2.67 bits per heavy atom. The van der Waals surface area contributed by atoms with E-state index in [1.807, 2.05) is 36.4 Å². The molecule has 0 aromatic heterocycles. The topological polar surface area (TPSA) is 74.1 Å². The standard InChI is InChI=1S/C23H19Cl2N3O2/c1-15(23(29)28-21-10-4-9-20(24)22(21)25)27-18-7-3-8-19(12-18)30-14-17-6-2-5-16(11-17)13-26/h2-12,15,27H,14H2,1H3,(H,28,29). The van der Waals surface area contributed by atoms with Crippen molar-refractivity contribution in [3.63, 3.8) is 0 Å². The highest BCUT2D eigenvalue weighted by Crippen LogP contribution is 2.29. The first-order chi connectivity index (χ1) is 14.5. The molecule has 0 saturated carbocycles. The Balaban J connectivity index is 1.60. The Labute approximate surface area is 185 Å². The molecule has 0 radical (unpaired) electrons. The third-order valence-electron chi connectivity index (χ3n) is 4.28. The maximum atomic E-state index is 12.5. The molecule has 1 atom stereocenters. The molecule has 3 aromatic rings. The number of anilines is 2. The lowest BCUT2D eigenvalue weighted by molar-refractivity contribution is -0.116. The predicted octanol–water partition coefficient (Wildman–Crippen LogP) is 5.88. The second-order valence-electron chi connectivity index (χ2n) is 6.59. The van der Waals surface area contributed by atoms with Crippen molar-refractivity contribution in [1.82, 2.24) is 0 Å². The first-order valence-electron chi connectivity index (χ1n) is 9.19. The van der Waals surface area contributed by atoms with Crippen LogP contribution in [0.1, 0.15) is 18.1 Å². The zero-order valence-electron chi connectivity index (χ0n) is 16.2. The summed E-state index contributed by atoms with van der Waals surface area (Å²) in [7, 11) is 0. The lowest BCUT2D eigenvalue weighted by atomic mass is 10.1. The number of hydrogen-bond donors (Lipinski definition) is 2. The summed E-state index contributed by atoms with van der Waals surface area (Å²) in [5, 5.41) is 15.6. The van der Waals surface area contributed by atoms with E-state index >= 15 is 0 Å². The molecule has 7 heteroatoms. The molecule has 1 unspecified atom stereocenters. The Hall–Kier alpha value is -3.20. The fourth-order valence-electron chi connectivity index (χ4n) is 2.73. The average Bonchev–Trinajstić information content (AvgIpc) is 2.76. The molecular formula is C23H19Cl2N3O2. The number of halogens is 2. The fourth-order valence-corrected chi connectivity index (χ4v) is 3.08. The van der Waals surface area contributed by atoms with Crippen LogP contribution in [0.4, 0.5) is 11.4 Å². The molecule has 0 bridgehead atoms. The Kier molecular flexibility index (Phi) is 7.18. The van der Waals surface area contributed by atoms with Crippen LogP contribution >= 0.6 is 23.2 Å². The van der Waals surface area contributed by atoms with E-state index in [0.717, 1.165) is 11.3 Å². The van der Waals surface area contributed by atoms with Crippen LogP contribution in [0, 0.1) is 11.3 Å². The van der Waals surface area contributed by atoms with Crippen molar-refractivity contribution >= 4 is 40.5 Å². The molecule has 0 aliphatic rings. The molecule has 0 aliphatic heterocycles. The minimum Gasteiger partial charge on any atom is -0.489 e. The zero-order valence-corrected chi connectivity index (χ0v) is 17.7. The number of nitriles is 1. The van der Waals surface area contributed by atoms with E-state index < -0.39 is 6.04 Å². The lowest BCUT2D eigenvalue weighted by Gasteiger charge is -2.17. The maximum Gasteiger partial charge on any atom is 0.246 e. The summed E-state index contributed by atoms with van der Waals surface area (Å²) in [4.78, 5) is 12.5. The smallest absolute Gasteiger partial charge is 0.246 e. The van der Waals surface area contributed by atoms with Crippen molar-refractivity contribution in [2.45, 2.75) is 19.6 Å². The highest BCUT2D eigenvalue weighted by atomic mass is 35.5. The van der Waals surface area contributed by atoms with E-state index in [-0.39, 0.29) is 5.91 Å². The molecule has 1 amide bonds. The Morgan fingerprint density at radius 1 is 1.10 bits per heavy atom. The van der Waals surface area contributed by atoms with E-state index in [9.17, 15) is 4.79 Å². The third-order valence-corrected chi connectivity index (χ3v) is 5.10. The SMILES string of the molecule is CC(Nc1cccc(OCc2cccc(C#N)c2)c1)C(=O)Nc1cccc(Cl)c1Cl. The van der Waals surface area contributed by atoms with Gasteiger partial charge in [-0.05, 0) is 48.9 Å². The van der Waals surface area contributed by atoms with Gasteiger partial charge in [-0.1, -0.05) is 47.5 Å². The number of hydrogen-bond acceptors (Lipinski definition) is 4. The van der Waals surface area contributed by atoms with Gasteiger partial charge in [0, 0.05) is 11.8 Å². The molecule has 3 aromatic carbocycles. The fraction of sp³-hybridized carbons (Fsp3) is 0.130. The molecule has 0 spiro atoms. The van der Waals surface area contributed by atoms with Crippen LogP contribution in [0.2, 0.25) is 10.0 Å². The van der Waals surface area contributed by atoms with Crippen molar-refractivity contribution in [3.05, 3.63) is 87.9 Å². The highest BCUT2D eigenvalue weighted by molar-refractivity contribution is 6.44. The zero-order chi connectivity index (χ0) is 21.5. The van der Waals surface area contributed by atoms with Crippen molar-refractivity contribution in [3.8, 4) is 11.8 Å². The summed E-state index contributed by atoms with van der Waals surface area (Å²) in [6.45, 7) is 2.08. The van der Waals surface area contributed by atoms with Gasteiger partial charge in [0.05, 0.1) is 27.4 Å². The molecule has 3 rings (SSSR count). The molecule has 2 N–H and O–H groups in total. The molecule has 5 nitrogen and oxygen atoms in total. The largest absolute Gasteiger partial charge is 0.489 e. The minimum atomic E-state index is -0.525. The number of carbonyl (C=O) groups excluding carboxylic acids is 1. The van der Waals surface area contributed by atoms with Crippen LogP contribution in [-0.4, -0.2) is 11.9 Å². The molecular weight excluding hydrogens is 421 g/mol. The molecule has 0 aliphatic carbocycles. The Morgan fingerprint density at radius 2 is 1.87 bits per heavy atom. The van der Waals surface area contributed by atoms with Crippen molar-refractivity contribution < 1.29 is 9.53 Å². The number of benzene rings is 3. The first-order valence-corrected chi connectivity index (χ1v) is 9.95. The highest BCUT2D eigenvalue weighted by Gasteiger charge is 2.15. The van der Waals surface area contributed by atoms with Gasteiger partial charge in [-0.25, -0.2) is 0 Å². The predicted molar refractivity (Wildman–Crippen MR) is 120 cm³/mol. The number of ether oxygens (including phenoxy) is 1. The quantitative estimate of drug-likeness (QED) is 0.481.